The second kappa shape index (κ2) is 10.4. The van der Waals surface area contributed by atoms with E-state index >= 15 is 0 Å². The Morgan fingerprint density at radius 3 is 2.59 bits per heavy atom. The number of hydrogen-bond donors (Lipinski definition) is 2. The van der Waals surface area contributed by atoms with Crippen molar-refractivity contribution in [2.45, 2.75) is 38.5 Å². The average Bonchev–Trinajstić information content (AvgIpc) is 3.00. The second-order valence-electron chi connectivity index (χ2n) is 6.43. The SMILES string of the molecule is COCCC1(C(=O)NCCCN2CCNCC2)CCCC1.Cl. The van der Waals surface area contributed by atoms with Crippen molar-refractivity contribution in [3.05, 3.63) is 0 Å². The van der Waals surface area contributed by atoms with Gasteiger partial charge in [0.05, 0.1) is 5.41 Å². The van der Waals surface area contributed by atoms with Crippen molar-refractivity contribution in [1.29, 1.82) is 0 Å². The van der Waals surface area contributed by atoms with E-state index in [1.54, 1.807) is 7.11 Å². The van der Waals surface area contributed by atoms with Gasteiger partial charge in [-0.3, -0.25) is 4.79 Å². The van der Waals surface area contributed by atoms with E-state index in [0.29, 0.717) is 6.61 Å². The highest BCUT2D eigenvalue weighted by Gasteiger charge is 2.40. The molecule has 5 nitrogen and oxygen atoms in total. The van der Waals surface area contributed by atoms with Gasteiger partial charge in [0, 0.05) is 46.4 Å². The Hall–Kier alpha value is -0.360. The van der Waals surface area contributed by atoms with Crippen LogP contribution in [0, 0.1) is 5.41 Å². The lowest BCUT2D eigenvalue weighted by Gasteiger charge is -2.29. The van der Waals surface area contributed by atoms with Gasteiger partial charge in [-0.25, -0.2) is 0 Å². The summed E-state index contributed by atoms with van der Waals surface area (Å²) >= 11 is 0. The molecule has 0 spiro atoms. The molecular weight excluding hydrogens is 302 g/mol. The first-order valence-electron chi connectivity index (χ1n) is 8.47. The van der Waals surface area contributed by atoms with Crippen molar-refractivity contribution >= 4 is 18.3 Å². The standard InChI is InChI=1S/C16H31N3O2.ClH/c1-21-14-7-16(5-2-3-6-16)15(20)18-8-4-11-19-12-9-17-10-13-19;/h17H,2-14H2,1H3,(H,18,20);1H. The van der Waals surface area contributed by atoms with Crippen molar-refractivity contribution in [1.82, 2.24) is 15.5 Å². The average molecular weight is 334 g/mol. The van der Waals surface area contributed by atoms with Crippen LogP contribution in [-0.2, 0) is 9.53 Å². The van der Waals surface area contributed by atoms with Crippen LogP contribution < -0.4 is 10.6 Å². The van der Waals surface area contributed by atoms with Crippen molar-refractivity contribution in [2.75, 3.05) is 53.0 Å². The van der Waals surface area contributed by atoms with Crippen LogP contribution >= 0.6 is 12.4 Å². The second-order valence-corrected chi connectivity index (χ2v) is 6.43. The van der Waals surface area contributed by atoms with Crippen LogP contribution in [0.1, 0.15) is 38.5 Å². The number of nitrogens with zero attached hydrogens (tertiary/aromatic N) is 1. The summed E-state index contributed by atoms with van der Waals surface area (Å²) in [6.45, 7) is 7.02. The molecule has 0 aromatic heterocycles. The van der Waals surface area contributed by atoms with Gasteiger partial charge in [-0.1, -0.05) is 12.8 Å². The molecule has 0 unspecified atom stereocenters. The number of carbonyl (C=O) groups excluding carboxylic acids is 1. The number of methoxy groups -OCH3 is 1. The smallest absolute Gasteiger partial charge is 0.226 e. The van der Waals surface area contributed by atoms with Crippen molar-refractivity contribution in [3.63, 3.8) is 0 Å². The molecule has 1 aliphatic heterocycles. The van der Waals surface area contributed by atoms with Gasteiger partial charge >= 0.3 is 0 Å². The minimum atomic E-state index is -0.148. The fourth-order valence-corrected chi connectivity index (χ4v) is 3.57. The molecule has 0 radical (unpaired) electrons. The molecule has 1 aliphatic carbocycles. The number of rotatable bonds is 8. The van der Waals surface area contributed by atoms with Crippen molar-refractivity contribution in [2.24, 2.45) is 5.41 Å². The number of carbonyl (C=O) groups is 1. The Morgan fingerprint density at radius 2 is 1.95 bits per heavy atom. The highest BCUT2D eigenvalue weighted by molar-refractivity contribution is 5.85. The van der Waals surface area contributed by atoms with E-state index in [1.807, 2.05) is 0 Å². The quantitative estimate of drug-likeness (QED) is 0.660. The summed E-state index contributed by atoms with van der Waals surface area (Å²) in [6, 6.07) is 0. The van der Waals surface area contributed by atoms with Crippen LogP contribution in [0.4, 0.5) is 0 Å². The van der Waals surface area contributed by atoms with E-state index in [9.17, 15) is 4.79 Å². The number of piperazine rings is 1. The zero-order valence-corrected chi connectivity index (χ0v) is 14.7. The Labute approximate surface area is 140 Å². The lowest BCUT2D eigenvalue weighted by Crippen LogP contribution is -2.45. The molecule has 0 aromatic rings. The van der Waals surface area contributed by atoms with Gasteiger partial charge < -0.3 is 20.3 Å². The molecule has 6 heteroatoms. The summed E-state index contributed by atoms with van der Waals surface area (Å²) in [7, 11) is 1.72. The van der Waals surface area contributed by atoms with E-state index in [1.165, 1.54) is 12.8 Å². The number of ether oxygens (including phenoxy) is 1. The largest absolute Gasteiger partial charge is 0.385 e. The summed E-state index contributed by atoms with van der Waals surface area (Å²) < 4.78 is 5.19. The fraction of sp³-hybridized carbons (Fsp3) is 0.938. The summed E-state index contributed by atoms with van der Waals surface area (Å²) in [5, 5.41) is 6.54. The van der Waals surface area contributed by atoms with Crippen LogP contribution in [0.2, 0.25) is 0 Å². The van der Waals surface area contributed by atoms with Crippen LogP contribution in [0.25, 0.3) is 0 Å². The highest BCUT2D eigenvalue weighted by atomic mass is 35.5. The molecule has 2 aliphatic rings. The third kappa shape index (κ3) is 5.69. The first-order valence-corrected chi connectivity index (χ1v) is 8.47. The maximum Gasteiger partial charge on any atom is 0.226 e. The Morgan fingerprint density at radius 1 is 1.27 bits per heavy atom. The summed E-state index contributed by atoms with van der Waals surface area (Å²) in [5.74, 6) is 0.261. The normalized spacial score (nSPS) is 21.3. The maximum absolute atomic E-state index is 12.5. The number of amides is 1. The van der Waals surface area contributed by atoms with Gasteiger partial charge in [0.1, 0.15) is 0 Å². The zero-order valence-electron chi connectivity index (χ0n) is 13.9. The summed E-state index contributed by atoms with van der Waals surface area (Å²) in [4.78, 5) is 15.0. The minimum Gasteiger partial charge on any atom is -0.385 e. The summed E-state index contributed by atoms with van der Waals surface area (Å²) in [5.41, 5.74) is -0.148. The predicted molar refractivity (Wildman–Crippen MR) is 91.6 cm³/mol. The Kier molecular flexibility index (Phi) is 9.33. The molecule has 2 rings (SSSR count). The lowest BCUT2D eigenvalue weighted by atomic mass is 9.82. The maximum atomic E-state index is 12.5. The van der Waals surface area contributed by atoms with Gasteiger partial charge in [0.25, 0.3) is 0 Å². The van der Waals surface area contributed by atoms with E-state index in [2.05, 4.69) is 15.5 Å². The number of halogens is 1. The molecule has 2 fully saturated rings. The number of nitrogens with one attached hydrogen (secondary N) is 2. The molecule has 22 heavy (non-hydrogen) atoms. The molecule has 0 aromatic carbocycles. The van der Waals surface area contributed by atoms with Gasteiger partial charge in [0.15, 0.2) is 0 Å². The number of hydrogen-bond acceptors (Lipinski definition) is 4. The molecule has 1 saturated heterocycles. The van der Waals surface area contributed by atoms with Gasteiger partial charge in [-0.2, -0.15) is 0 Å². The molecule has 0 bridgehead atoms. The van der Waals surface area contributed by atoms with Gasteiger partial charge in [-0.05, 0) is 32.2 Å². The Balaban J connectivity index is 0.00000242. The van der Waals surface area contributed by atoms with Crippen LogP contribution in [0.3, 0.4) is 0 Å². The highest BCUT2D eigenvalue weighted by Crippen LogP contribution is 2.41. The monoisotopic (exact) mass is 333 g/mol. The predicted octanol–water partition coefficient (Wildman–Crippen LogP) is 1.42. The molecule has 0 atom stereocenters. The van der Waals surface area contributed by atoms with Crippen LogP contribution in [-0.4, -0.2) is 63.8 Å². The molecule has 1 saturated carbocycles. The fourth-order valence-electron chi connectivity index (χ4n) is 3.57. The molecule has 1 heterocycles. The third-order valence-corrected chi connectivity index (χ3v) is 4.97. The van der Waals surface area contributed by atoms with Crippen LogP contribution in [0.15, 0.2) is 0 Å². The van der Waals surface area contributed by atoms with Gasteiger partial charge in [-0.15, -0.1) is 12.4 Å². The van der Waals surface area contributed by atoms with Crippen molar-refractivity contribution in [3.8, 4) is 0 Å². The van der Waals surface area contributed by atoms with E-state index in [-0.39, 0.29) is 23.7 Å². The first-order chi connectivity index (χ1) is 10.3. The van der Waals surface area contributed by atoms with E-state index in [0.717, 1.165) is 65.0 Å². The van der Waals surface area contributed by atoms with Gasteiger partial charge in [0.2, 0.25) is 5.91 Å². The van der Waals surface area contributed by atoms with Crippen LogP contribution in [0.5, 0.6) is 0 Å². The zero-order chi connectivity index (χ0) is 15.0. The molecule has 130 valence electrons. The first kappa shape index (κ1) is 19.7. The topological polar surface area (TPSA) is 53.6 Å². The lowest BCUT2D eigenvalue weighted by molar-refractivity contribution is -0.131. The third-order valence-electron chi connectivity index (χ3n) is 4.97. The van der Waals surface area contributed by atoms with E-state index in [4.69, 9.17) is 4.74 Å². The van der Waals surface area contributed by atoms with E-state index < -0.39 is 0 Å². The molecular formula is C16H32ClN3O2. The van der Waals surface area contributed by atoms with Crippen molar-refractivity contribution < 1.29 is 9.53 Å². The molecule has 2 N–H and O–H groups in total. The Bertz CT molecular complexity index is 317. The minimum absolute atomic E-state index is 0. The summed E-state index contributed by atoms with van der Waals surface area (Å²) in [6.07, 6.45) is 6.33. The molecule has 1 amide bonds.